The molecule has 43 heavy (non-hydrogen) atoms. The topological polar surface area (TPSA) is 131 Å². The van der Waals surface area contributed by atoms with Crippen LogP contribution in [0.5, 0.6) is 11.5 Å². The number of carbonyl (C=O) groups is 3. The number of nitrogens with one attached hydrogen (secondary N) is 1. The van der Waals surface area contributed by atoms with Crippen molar-refractivity contribution >= 4 is 40.0 Å². The second kappa shape index (κ2) is 11.9. The standard InChI is InChI=1S/C32H36N4O6S/c1-19-25(41-2)12-11-22-26(16-23(34-28(19)22)30-33-13-14-43-30)42-21-15-24-29(38)35-32(31(39)40)17-20(32)9-7-5-3-4-6-8-10-27(37)36(24)18-21/h7,9,11-14,16,20-21,24H,3-6,8,10,15,17-18H2,1-2H3,(H,35,38)(H,39,40). The zero-order chi connectivity index (χ0) is 30.1. The normalized spacial score (nSPS) is 26.2. The summed E-state index contributed by atoms with van der Waals surface area (Å²) in [5.41, 5.74) is 0.914. The number of nitrogens with zero attached hydrogens (tertiary/aromatic N) is 3. The molecule has 4 atom stereocenters. The summed E-state index contributed by atoms with van der Waals surface area (Å²) in [4.78, 5) is 50.3. The van der Waals surface area contributed by atoms with Gasteiger partial charge in [-0.25, -0.2) is 14.8 Å². The number of amides is 2. The summed E-state index contributed by atoms with van der Waals surface area (Å²) >= 11 is 1.47. The number of aromatic nitrogens is 2. The maximum absolute atomic E-state index is 13.7. The number of carboxylic acids is 1. The third-order valence-electron chi connectivity index (χ3n) is 8.82. The Kier molecular flexibility index (Phi) is 8.09. The maximum atomic E-state index is 13.7. The second-order valence-corrected chi connectivity index (χ2v) is 12.5. The molecule has 2 aliphatic heterocycles. The van der Waals surface area contributed by atoms with Crippen molar-refractivity contribution in [3.8, 4) is 22.2 Å². The average Bonchev–Trinajstić information content (AvgIpc) is 3.32. The summed E-state index contributed by atoms with van der Waals surface area (Å²) in [6.07, 6.45) is 10.6. The van der Waals surface area contributed by atoms with E-state index in [1.54, 1.807) is 18.2 Å². The number of methoxy groups -OCH3 is 1. The van der Waals surface area contributed by atoms with E-state index in [0.29, 0.717) is 30.0 Å². The van der Waals surface area contributed by atoms with Gasteiger partial charge in [0.15, 0.2) is 0 Å². The average molecular weight is 605 g/mol. The summed E-state index contributed by atoms with van der Waals surface area (Å²) in [6.45, 7) is 2.17. The van der Waals surface area contributed by atoms with Crippen LogP contribution in [-0.2, 0) is 14.4 Å². The van der Waals surface area contributed by atoms with E-state index in [0.717, 1.165) is 53.6 Å². The fourth-order valence-electron chi connectivity index (χ4n) is 6.31. The molecule has 226 valence electrons. The van der Waals surface area contributed by atoms with Gasteiger partial charge in [0, 0.05) is 47.4 Å². The van der Waals surface area contributed by atoms with Crippen molar-refractivity contribution < 1.29 is 29.0 Å². The van der Waals surface area contributed by atoms with Gasteiger partial charge in [-0.05, 0) is 44.7 Å². The zero-order valence-electron chi connectivity index (χ0n) is 24.4. The van der Waals surface area contributed by atoms with Gasteiger partial charge in [-0.3, -0.25) is 9.59 Å². The van der Waals surface area contributed by atoms with Crippen molar-refractivity contribution in [2.45, 2.75) is 76.0 Å². The minimum absolute atomic E-state index is 0.111. The number of pyridine rings is 1. The number of allylic oxidation sites excluding steroid dienone is 1. The second-order valence-electron chi connectivity index (χ2n) is 11.6. The molecule has 0 spiro atoms. The van der Waals surface area contributed by atoms with E-state index in [2.05, 4.69) is 10.3 Å². The maximum Gasteiger partial charge on any atom is 0.330 e. The van der Waals surface area contributed by atoms with Gasteiger partial charge in [-0.2, -0.15) is 0 Å². The highest BCUT2D eigenvalue weighted by Gasteiger charge is 2.61. The summed E-state index contributed by atoms with van der Waals surface area (Å²) in [6, 6.07) is 4.80. The van der Waals surface area contributed by atoms with Crippen LogP contribution in [-0.4, -0.2) is 69.1 Å². The molecule has 1 aromatic carbocycles. The molecule has 3 aliphatic rings. The molecule has 2 N–H and O–H groups in total. The SMILES string of the molecule is COc1ccc2c(OC3CC4C(=O)NC5(C(=O)O)CC5C=CCCCCCCC(=O)N4C3)cc(-c3nccs3)nc2c1C. The minimum Gasteiger partial charge on any atom is -0.496 e. The summed E-state index contributed by atoms with van der Waals surface area (Å²) < 4.78 is 12.1. The molecule has 1 saturated heterocycles. The Balaban J connectivity index is 1.31. The first-order chi connectivity index (χ1) is 20.8. The van der Waals surface area contributed by atoms with Crippen LogP contribution in [0.1, 0.15) is 56.9 Å². The van der Waals surface area contributed by atoms with Crippen LogP contribution in [0.3, 0.4) is 0 Å². The highest BCUT2D eigenvalue weighted by molar-refractivity contribution is 7.13. The van der Waals surface area contributed by atoms with E-state index < -0.39 is 29.6 Å². The van der Waals surface area contributed by atoms with Crippen LogP contribution in [0.4, 0.5) is 0 Å². The number of fused-ring (bicyclic) bond motifs is 3. The van der Waals surface area contributed by atoms with Crippen molar-refractivity contribution in [1.82, 2.24) is 20.2 Å². The van der Waals surface area contributed by atoms with E-state index in [9.17, 15) is 19.5 Å². The fourth-order valence-corrected chi connectivity index (χ4v) is 6.90. The Morgan fingerprint density at radius 2 is 2.02 bits per heavy atom. The fraction of sp³-hybridized carbons (Fsp3) is 0.469. The molecule has 4 unspecified atom stereocenters. The summed E-state index contributed by atoms with van der Waals surface area (Å²) in [5.74, 6) is -0.583. The van der Waals surface area contributed by atoms with Crippen molar-refractivity contribution in [3.05, 3.63) is 47.5 Å². The molecular formula is C32H36N4O6S. The van der Waals surface area contributed by atoms with Crippen LogP contribution in [0.2, 0.25) is 0 Å². The molecule has 11 heteroatoms. The Hall–Kier alpha value is -3.99. The van der Waals surface area contributed by atoms with Gasteiger partial charge in [-0.15, -0.1) is 11.3 Å². The number of aryl methyl sites for hydroxylation is 1. The van der Waals surface area contributed by atoms with Gasteiger partial charge in [-0.1, -0.05) is 25.0 Å². The molecule has 0 radical (unpaired) electrons. The first kappa shape index (κ1) is 29.1. The molecule has 2 aromatic heterocycles. The summed E-state index contributed by atoms with van der Waals surface area (Å²) in [7, 11) is 1.62. The first-order valence-electron chi connectivity index (χ1n) is 14.9. The lowest BCUT2D eigenvalue weighted by Crippen LogP contribution is -2.53. The molecule has 4 heterocycles. The van der Waals surface area contributed by atoms with Gasteiger partial charge in [0.1, 0.15) is 39.9 Å². The molecule has 6 rings (SSSR count). The predicted octanol–water partition coefficient (Wildman–Crippen LogP) is 4.89. The molecule has 0 bridgehead atoms. The Morgan fingerprint density at radius 3 is 2.79 bits per heavy atom. The van der Waals surface area contributed by atoms with Crippen molar-refractivity contribution in [1.29, 1.82) is 0 Å². The Bertz CT molecular complexity index is 1570. The van der Waals surface area contributed by atoms with Gasteiger partial charge in [0.25, 0.3) is 0 Å². The molecule has 10 nitrogen and oxygen atoms in total. The number of rotatable bonds is 5. The smallest absolute Gasteiger partial charge is 0.330 e. The highest BCUT2D eigenvalue weighted by Crippen LogP contribution is 2.45. The lowest BCUT2D eigenvalue weighted by molar-refractivity contribution is -0.145. The van der Waals surface area contributed by atoms with E-state index in [1.807, 2.05) is 42.7 Å². The Labute approximate surface area is 254 Å². The number of ether oxygens (including phenoxy) is 2. The van der Waals surface area contributed by atoms with Crippen molar-refractivity contribution in [2.75, 3.05) is 13.7 Å². The number of aliphatic carboxylic acids is 1. The number of hydrogen-bond donors (Lipinski definition) is 2. The number of thiazole rings is 1. The van der Waals surface area contributed by atoms with Crippen LogP contribution in [0, 0.1) is 12.8 Å². The van der Waals surface area contributed by atoms with Gasteiger partial charge < -0.3 is 24.8 Å². The third-order valence-corrected chi connectivity index (χ3v) is 9.62. The van der Waals surface area contributed by atoms with Crippen molar-refractivity contribution in [3.63, 3.8) is 0 Å². The first-order valence-corrected chi connectivity index (χ1v) is 15.7. The lowest BCUT2D eigenvalue weighted by Gasteiger charge is -2.25. The number of carbonyl (C=O) groups excluding carboxylic acids is 2. The van der Waals surface area contributed by atoms with Gasteiger partial charge >= 0.3 is 5.97 Å². The van der Waals surface area contributed by atoms with Crippen molar-refractivity contribution in [2.24, 2.45) is 5.92 Å². The number of carboxylic acid groups (broad SMARTS) is 1. The quantitative estimate of drug-likeness (QED) is 0.394. The molecule has 2 amide bonds. The van der Waals surface area contributed by atoms with Crippen LogP contribution in [0.15, 0.2) is 41.9 Å². The Morgan fingerprint density at radius 1 is 1.19 bits per heavy atom. The molecule has 1 aliphatic carbocycles. The van der Waals surface area contributed by atoms with Gasteiger partial charge in [0.2, 0.25) is 11.8 Å². The molecule has 3 aromatic rings. The molecule has 1 saturated carbocycles. The van der Waals surface area contributed by atoms with E-state index in [4.69, 9.17) is 14.5 Å². The monoisotopic (exact) mass is 604 g/mol. The largest absolute Gasteiger partial charge is 0.496 e. The predicted molar refractivity (Wildman–Crippen MR) is 162 cm³/mol. The number of benzene rings is 1. The van der Waals surface area contributed by atoms with E-state index >= 15 is 0 Å². The summed E-state index contributed by atoms with van der Waals surface area (Å²) in [5, 5.41) is 16.3. The zero-order valence-corrected chi connectivity index (χ0v) is 25.2. The highest BCUT2D eigenvalue weighted by atomic mass is 32.1. The minimum atomic E-state index is -1.33. The number of hydrogen-bond acceptors (Lipinski definition) is 8. The van der Waals surface area contributed by atoms with E-state index in [-0.39, 0.29) is 24.8 Å². The molecular weight excluding hydrogens is 568 g/mol. The van der Waals surface area contributed by atoms with Crippen LogP contribution < -0.4 is 14.8 Å². The van der Waals surface area contributed by atoms with Crippen LogP contribution in [0.25, 0.3) is 21.6 Å². The molecule has 2 fully saturated rings. The van der Waals surface area contributed by atoms with E-state index in [1.165, 1.54) is 11.3 Å². The van der Waals surface area contributed by atoms with Gasteiger partial charge in [0.05, 0.1) is 19.2 Å². The lowest BCUT2D eigenvalue weighted by atomic mass is 10.1. The van der Waals surface area contributed by atoms with Crippen LogP contribution >= 0.6 is 11.3 Å². The third kappa shape index (κ3) is 5.70.